The lowest BCUT2D eigenvalue weighted by Gasteiger charge is -2.24. The van der Waals surface area contributed by atoms with Crippen LogP contribution in [0.5, 0.6) is 0 Å². The molecule has 0 saturated heterocycles. The quantitative estimate of drug-likeness (QED) is 0.560. The maximum absolute atomic E-state index is 4.67. The summed E-state index contributed by atoms with van der Waals surface area (Å²) in [5.74, 6) is 1.00. The van der Waals surface area contributed by atoms with Crippen LogP contribution in [0.25, 0.3) is 10.8 Å². The SMILES string of the molecule is CC(NC1=NCCN1Cc1ccccc1)c1ccc2ccccc2c1.I. The average molecular weight is 457 g/mol. The summed E-state index contributed by atoms with van der Waals surface area (Å²) in [7, 11) is 0. The fourth-order valence-electron chi connectivity index (χ4n) is 3.33. The first kappa shape index (κ1) is 18.7. The van der Waals surface area contributed by atoms with Crippen LogP contribution in [0.1, 0.15) is 24.1 Å². The van der Waals surface area contributed by atoms with E-state index < -0.39 is 0 Å². The highest BCUT2D eigenvalue weighted by Gasteiger charge is 2.19. The molecule has 0 amide bonds. The second-order valence-electron chi connectivity index (χ2n) is 6.59. The Bertz CT molecular complexity index is 892. The highest BCUT2D eigenvalue weighted by atomic mass is 127. The van der Waals surface area contributed by atoms with Gasteiger partial charge in [-0.1, -0.05) is 66.7 Å². The Hall–Kier alpha value is -2.08. The molecule has 4 rings (SSSR count). The molecule has 134 valence electrons. The zero-order valence-electron chi connectivity index (χ0n) is 14.9. The lowest BCUT2D eigenvalue weighted by atomic mass is 10.0. The molecule has 0 aromatic heterocycles. The van der Waals surface area contributed by atoms with Crippen molar-refractivity contribution in [2.24, 2.45) is 4.99 Å². The second kappa shape index (κ2) is 8.54. The molecule has 1 heterocycles. The molecule has 3 aromatic carbocycles. The predicted molar refractivity (Wildman–Crippen MR) is 120 cm³/mol. The molecule has 1 atom stereocenters. The highest BCUT2D eigenvalue weighted by Crippen LogP contribution is 2.21. The first-order valence-electron chi connectivity index (χ1n) is 8.88. The van der Waals surface area contributed by atoms with Crippen molar-refractivity contribution in [2.45, 2.75) is 19.5 Å². The maximum Gasteiger partial charge on any atom is 0.194 e. The van der Waals surface area contributed by atoms with Gasteiger partial charge in [0.05, 0.1) is 12.6 Å². The zero-order chi connectivity index (χ0) is 17.1. The molecule has 3 aromatic rings. The first-order chi connectivity index (χ1) is 12.3. The summed E-state index contributed by atoms with van der Waals surface area (Å²) in [5.41, 5.74) is 2.60. The maximum atomic E-state index is 4.67. The minimum Gasteiger partial charge on any atom is -0.350 e. The summed E-state index contributed by atoms with van der Waals surface area (Å²) in [6, 6.07) is 26.0. The molecular weight excluding hydrogens is 433 g/mol. The van der Waals surface area contributed by atoms with Crippen LogP contribution in [-0.2, 0) is 6.54 Å². The minimum atomic E-state index is 0. The number of hydrogen-bond donors (Lipinski definition) is 1. The van der Waals surface area contributed by atoms with Gasteiger partial charge in [-0.3, -0.25) is 4.99 Å². The van der Waals surface area contributed by atoms with Gasteiger partial charge in [-0.05, 0) is 34.9 Å². The number of nitrogens with zero attached hydrogens (tertiary/aromatic N) is 2. The minimum absolute atomic E-state index is 0. The number of aliphatic imine (C=N–C) groups is 1. The van der Waals surface area contributed by atoms with Gasteiger partial charge in [0.1, 0.15) is 0 Å². The lowest BCUT2D eigenvalue weighted by Crippen LogP contribution is -2.39. The smallest absolute Gasteiger partial charge is 0.194 e. The van der Waals surface area contributed by atoms with Crippen LogP contribution in [0.3, 0.4) is 0 Å². The third-order valence-electron chi connectivity index (χ3n) is 4.77. The van der Waals surface area contributed by atoms with Gasteiger partial charge in [0.2, 0.25) is 0 Å². The molecule has 0 saturated carbocycles. The summed E-state index contributed by atoms with van der Waals surface area (Å²) in [5, 5.41) is 6.17. The van der Waals surface area contributed by atoms with E-state index in [0.29, 0.717) is 0 Å². The van der Waals surface area contributed by atoms with Crippen LogP contribution in [0, 0.1) is 0 Å². The van der Waals surface area contributed by atoms with E-state index in [1.165, 1.54) is 21.9 Å². The molecule has 3 nitrogen and oxygen atoms in total. The molecule has 0 fully saturated rings. The van der Waals surface area contributed by atoms with Crippen LogP contribution in [0.2, 0.25) is 0 Å². The van der Waals surface area contributed by atoms with Crippen molar-refractivity contribution >= 4 is 40.7 Å². The Balaban J connectivity index is 0.00000196. The van der Waals surface area contributed by atoms with Crippen molar-refractivity contribution in [2.75, 3.05) is 13.1 Å². The third-order valence-corrected chi connectivity index (χ3v) is 4.77. The Morgan fingerprint density at radius 1 is 0.962 bits per heavy atom. The van der Waals surface area contributed by atoms with E-state index in [-0.39, 0.29) is 30.0 Å². The normalized spacial score (nSPS) is 14.7. The van der Waals surface area contributed by atoms with Crippen molar-refractivity contribution in [1.82, 2.24) is 10.2 Å². The summed E-state index contributed by atoms with van der Waals surface area (Å²) in [6.07, 6.45) is 0. The fourth-order valence-corrected chi connectivity index (χ4v) is 3.33. The lowest BCUT2D eigenvalue weighted by molar-refractivity contribution is 0.430. The van der Waals surface area contributed by atoms with Gasteiger partial charge in [0, 0.05) is 13.1 Å². The summed E-state index contributed by atoms with van der Waals surface area (Å²) in [6.45, 7) is 4.93. The van der Waals surface area contributed by atoms with Crippen molar-refractivity contribution in [3.8, 4) is 0 Å². The van der Waals surface area contributed by atoms with Crippen molar-refractivity contribution in [1.29, 1.82) is 0 Å². The van der Waals surface area contributed by atoms with Crippen LogP contribution in [0.15, 0.2) is 77.8 Å². The fraction of sp³-hybridized carbons (Fsp3) is 0.227. The van der Waals surface area contributed by atoms with Gasteiger partial charge in [-0.2, -0.15) is 0 Å². The molecule has 1 unspecified atom stereocenters. The Morgan fingerprint density at radius 3 is 2.50 bits per heavy atom. The van der Waals surface area contributed by atoms with Crippen molar-refractivity contribution in [3.63, 3.8) is 0 Å². The van der Waals surface area contributed by atoms with E-state index in [1.807, 2.05) is 0 Å². The van der Waals surface area contributed by atoms with Crippen LogP contribution >= 0.6 is 24.0 Å². The summed E-state index contributed by atoms with van der Waals surface area (Å²) >= 11 is 0. The Kier molecular flexibility index (Phi) is 6.14. The molecule has 4 heteroatoms. The predicted octanol–water partition coefficient (Wildman–Crippen LogP) is 4.98. The molecule has 0 spiro atoms. The van der Waals surface area contributed by atoms with E-state index in [0.717, 1.165) is 25.6 Å². The highest BCUT2D eigenvalue weighted by molar-refractivity contribution is 14.0. The van der Waals surface area contributed by atoms with E-state index in [1.54, 1.807) is 0 Å². The van der Waals surface area contributed by atoms with Crippen LogP contribution in [0.4, 0.5) is 0 Å². The number of hydrogen-bond acceptors (Lipinski definition) is 3. The van der Waals surface area contributed by atoms with E-state index in [4.69, 9.17) is 0 Å². The van der Waals surface area contributed by atoms with Crippen molar-refractivity contribution in [3.05, 3.63) is 83.9 Å². The molecule has 1 aliphatic heterocycles. The van der Waals surface area contributed by atoms with Crippen LogP contribution in [-0.4, -0.2) is 23.9 Å². The molecule has 1 aliphatic rings. The van der Waals surface area contributed by atoms with E-state index >= 15 is 0 Å². The molecule has 26 heavy (non-hydrogen) atoms. The molecule has 1 N–H and O–H groups in total. The number of benzene rings is 3. The van der Waals surface area contributed by atoms with Gasteiger partial charge in [0.15, 0.2) is 5.96 Å². The van der Waals surface area contributed by atoms with Gasteiger partial charge >= 0.3 is 0 Å². The van der Waals surface area contributed by atoms with E-state index in [2.05, 4.69) is 94.9 Å². The third kappa shape index (κ3) is 4.18. The number of guanidine groups is 1. The van der Waals surface area contributed by atoms with E-state index in [9.17, 15) is 0 Å². The zero-order valence-corrected chi connectivity index (χ0v) is 17.3. The Morgan fingerprint density at radius 2 is 1.69 bits per heavy atom. The molecule has 0 bridgehead atoms. The molecular formula is C22H24IN3. The van der Waals surface area contributed by atoms with Crippen LogP contribution < -0.4 is 5.32 Å². The number of fused-ring (bicyclic) bond motifs is 1. The standard InChI is InChI=1S/C22H23N3.HI/c1-17(20-12-11-19-9-5-6-10-21(19)15-20)24-22-23-13-14-25(22)16-18-7-3-2-4-8-18;/h2-12,15,17H,13-14,16H2,1H3,(H,23,24);1H. The monoisotopic (exact) mass is 457 g/mol. The largest absolute Gasteiger partial charge is 0.350 e. The summed E-state index contributed by atoms with van der Waals surface area (Å²) < 4.78 is 0. The van der Waals surface area contributed by atoms with Gasteiger partial charge < -0.3 is 10.2 Å². The topological polar surface area (TPSA) is 27.6 Å². The number of rotatable bonds is 4. The Labute approximate surface area is 172 Å². The number of halogens is 1. The van der Waals surface area contributed by atoms with Crippen molar-refractivity contribution < 1.29 is 0 Å². The van der Waals surface area contributed by atoms with Gasteiger partial charge in [-0.15, -0.1) is 24.0 Å². The molecule has 0 aliphatic carbocycles. The average Bonchev–Trinajstić information content (AvgIpc) is 3.08. The second-order valence-corrected chi connectivity index (χ2v) is 6.59. The van der Waals surface area contributed by atoms with Gasteiger partial charge in [-0.25, -0.2) is 0 Å². The first-order valence-corrected chi connectivity index (χ1v) is 8.88. The molecule has 0 radical (unpaired) electrons. The summed E-state index contributed by atoms with van der Waals surface area (Å²) in [4.78, 5) is 7.00. The van der Waals surface area contributed by atoms with Gasteiger partial charge in [0.25, 0.3) is 0 Å². The number of nitrogens with one attached hydrogen (secondary N) is 1.